The molecule has 12 nitrogen and oxygen atoms in total. The first-order chi connectivity index (χ1) is 31.9. The summed E-state index contributed by atoms with van der Waals surface area (Å²) in [5, 5.41) is 14.9. The Morgan fingerprint density at radius 3 is 2.43 bits per heavy atom. The van der Waals surface area contributed by atoms with E-state index in [2.05, 4.69) is 20.9 Å². The number of aromatic amines is 1. The fraction of sp³-hybridized carbons (Fsp3) is 0.519. The zero-order chi connectivity index (χ0) is 47.6. The molecule has 15 heteroatoms. The Balaban J connectivity index is 1.28. The molecule has 67 heavy (non-hydrogen) atoms. The zero-order valence-electron chi connectivity index (χ0n) is 39.1. The Hall–Kier alpha value is -5.02. The Bertz CT molecular complexity index is 2720. The van der Waals surface area contributed by atoms with Crippen LogP contribution in [0.15, 0.2) is 66.7 Å². The average molecular weight is 942 g/mol. The number of alkyl halides is 2. The highest BCUT2D eigenvalue weighted by Crippen LogP contribution is 2.68. The van der Waals surface area contributed by atoms with Crippen LogP contribution in [0.25, 0.3) is 22.0 Å². The van der Waals surface area contributed by atoms with Gasteiger partial charge in [-0.15, -0.1) is 0 Å². The fourth-order valence-corrected chi connectivity index (χ4v) is 14.6. The van der Waals surface area contributed by atoms with Crippen molar-refractivity contribution in [2.45, 2.75) is 93.4 Å². The predicted molar refractivity (Wildman–Crippen MR) is 250 cm³/mol. The maximum atomic E-state index is 15.6. The number of carbonyl (C=O) groups excluding carboxylic acids is 3. The Morgan fingerprint density at radius 1 is 0.985 bits per heavy atom. The van der Waals surface area contributed by atoms with Gasteiger partial charge >= 0.3 is 17.9 Å². The van der Waals surface area contributed by atoms with Gasteiger partial charge in [0.25, 0.3) is 0 Å². The minimum absolute atomic E-state index is 0.110. The van der Waals surface area contributed by atoms with Gasteiger partial charge in [0.05, 0.1) is 27.4 Å². The summed E-state index contributed by atoms with van der Waals surface area (Å²) in [6.45, 7) is 6.62. The molecule has 3 aromatic carbocycles. The first kappa shape index (κ1) is 45.7. The summed E-state index contributed by atoms with van der Waals surface area (Å²) in [7, 11) is 5.94. The molecule has 3 fully saturated rings. The lowest BCUT2D eigenvalue weighted by atomic mass is 9.47. The largest absolute Gasteiger partial charge is 0.496 e. The number of fused-ring (bicyclic) bond motifs is 6. The van der Waals surface area contributed by atoms with Gasteiger partial charge in [0.2, 0.25) is 11.5 Å². The van der Waals surface area contributed by atoms with Crippen molar-refractivity contribution in [2.75, 3.05) is 66.0 Å². The third-order valence-electron chi connectivity index (χ3n) is 16.8. The topological polar surface area (TPSA) is 134 Å². The van der Waals surface area contributed by atoms with Crippen LogP contribution in [0.3, 0.4) is 0 Å². The lowest BCUT2D eigenvalue weighted by Gasteiger charge is -2.63. The first-order valence-electron chi connectivity index (χ1n) is 23.4. The standard InChI is InChI=1S/C52H59ClF2N4O8/c1-8-49-17-11-19-59-21-18-50(43(49)59)36-24-37(41(64-5)25-40(36)57(4)44(50)52(63,47(62)66-7)45(49)67-29(2)60)51(46(61)65-6)26-30-22-32(48(3,54)55)28-58(27-30)20-16-34-35-23-31(14-15-39(35)56-42(34)51)33-12-9-10-13-38(33)53/h9-15,17,23-25,30,32,43-45,56,63H,8,16,18-22,26-28H2,1-7H3/t30-,32-,43+,44-,45-,49-,50-,51+,52+/m1/s1. The second-order valence-electron chi connectivity index (χ2n) is 20.0. The number of piperidine rings is 1. The molecule has 0 radical (unpaired) electrons. The molecule has 4 aromatic rings. The van der Waals surface area contributed by atoms with Gasteiger partial charge in [-0.25, -0.2) is 13.6 Å². The summed E-state index contributed by atoms with van der Waals surface area (Å²) in [5.41, 5.74) is -0.200. The number of aliphatic hydroxyl groups is 1. The Kier molecular flexibility index (Phi) is 10.9. The number of anilines is 1. The molecule has 356 valence electrons. The van der Waals surface area contributed by atoms with Crippen molar-refractivity contribution in [3.63, 3.8) is 0 Å². The number of esters is 3. The molecule has 5 aliphatic heterocycles. The molecule has 0 amide bonds. The molecule has 10 atom stereocenters. The van der Waals surface area contributed by atoms with E-state index >= 15 is 13.6 Å². The van der Waals surface area contributed by atoms with Crippen molar-refractivity contribution in [1.29, 1.82) is 0 Å². The number of hydrogen-bond donors (Lipinski definition) is 2. The number of nitrogens with zero attached hydrogens (tertiary/aromatic N) is 3. The van der Waals surface area contributed by atoms with E-state index in [9.17, 15) is 14.7 Å². The van der Waals surface area contributed by atoms with E-state index in [0.29, 0.717) is 73.2 Å². The minimum Gasteiger partial charge on any atom is -0.496 e. The third kappa shape index (κ3) is 6.34. The summed E-state index contributed by atoms with van der Waals surface area (Å²) in [6, 6.07) is 16.2. The summed E-state index contributed by atoms with van der Waals surface area (Å²) in [5.74, 6) is -6.11. The van der Waals surface area contributed by atoms with Crippen LogP contribution in [0.5, 0.6) is 5.75 Å². The van der Waals surface area contributed by atoms with Crippen LogP contribution in [0, 0.1) is 17.3 Å². The number of halogens is 3. The highest BCUT2D eigenvalue weighted by atomic mass is 35.5. The van der Waals surface area contributed by atoms with Gasteiger partial charge in [-0.05, 0) is 92.4 Å². The third-order valence-corrected chi connectivity index (χ3v) is 17.2. The van der Waals surface area contributed by atoms with E-state index in [1.54, 1.807) is 0 Å². The number of H-pyrrole nitrogens is 1. The van der Waals surface area contributed by atoms with Crippen LogP contribution in [0.1, 0.15) is 68.8 Å². The molecular weight excluding hydrogens is 882 g/mol. The maximum Gasteiger partial charge on any atom is 0.344 e. The number of likely N-dealkylation sites (N-methyl/N-ethyl adjacent to an activating group) is 1. The number of carbonyl (C=O) groups is 3. The highest BCUT2D eigenvalue weighted by Gasteiger charge is 2.80. The smallest absolute Gasteiger partial charge is 0.344 e. The van der Waals surface area contributed by atoms with Crippen LogP contribution >= 0.6 is 11.6 Å². The van der Waals surface area contributed by atoms with Crippen molar-refractivity contribution in [3.05, 3.63) is 94.2 Å². The van der Waals surface area contributed by atoms with Gasteiger partial charge in [-0.2, -0.15) is 0 Å². The molecule has 2 saturated heterocycles. The molecule has 10 rings (SSSR count). The number of methoxy groups -OCH3 is 3. The average Bonchev–Trinajstić information content (AvgIpc) is 3.97. The molecule has 1 unspecified atom stereocenters. The van der Waals surface area contributed by atoms with Gasteiger partial charge in [0.1, 0.15) is 11.2 Å². The second-order valence-corrected chi connectivity index (χ2v) is 20.4. The van der Waals surface area contributed by atoms with Crippen LogP contribution in [-0.2, 0) is 45.8 Å². The normalized spacial score (nSPS) is 33.1. The maximum absolute atomic E-state index is 15.6. The van der Waals surface area contributed by atoms with Crippen LogP contribution in [-0.4, -0.2) is 129 Å². The summed E-state index contributed by atoms with van der Waals surface area (Å²) >= 11 is 6.77. The quantitative estimate of drug-likeness (QED) is 0.104. The summed E-state index contributed by atoms with van der Waals surface area (Å²) < 4.78 is 55.2. The number of benzene rings is 3. The van der Waals surface area contributed by atoms with E-state index in [0.717, 1.165) is 40.1 Å². The highest BCUT2D eigenvalue weighted by molar-refractivity contribution is 6.33. The monoisotopic (exact) mass is 940 g/mol. The van der Waals surface area contributed by atoms with Crippen molar-refractivity contribution in [2.24, 2.45) is 17.3 Å². The number of nitrogens with one attached hydrogen (secondary N) is 1. The molecule has 6 aliphatic rings. The van der Waals surface area contributed by atoms with Crippen molar-refractivity contribution < 1.29 is 47.2 Å². The molecule has 1 aromatic heterocycles. The van der Waals surface area contributed by atoms with Crippen LogP contribution in [0.4, 0.5) is 14.5 Å². The number of ether oxygens (including phenoxy) is 4. The van der Waals surface area contributed by atoms with Gasteiger partial charge in [-0.1, -0.05) is 54.9 Å². The first-order valence-corrected chi connectivity index (χ1v) is 23.8. The molecule has 1 spiro atoms. The van der Waals surface area contributed by atoms with Crippen molar-refractivity contribution in [3.8, 4) is 16.9 Å². The Morgan fingerprint density at radius 2 is 1.75 bits per heavy atom. The fourth-order valence-electron chi connectivity index (χ4n) is 14.3. The number of hydrogen-bond acceptors (Lipinski definition) is 11. The molecule has 1 aliphatic carbocycles. The van der Waals surface area contributed by atoms with E-state index in [-0.39, 0.29) is 31.3 Å². The number of rotatable bonds is 8. The van der Waals surface area contributed by atoms with E-state index in [4.69, 9.17) is 30.5 Å². The van der Waals surface area contributed by atoms with E-state index in [1.807, 2.05) is 79.6 Å². The minimum atomic E-state index is -2.97. The predicted octanol–water partition coefficient (Wildman–Crippen LogP) is 7.44. The number of aromatic nitrogens is 1. The lowest BCUT2D eigenvalue weighted by Crippen LogP contribution is -2.81. The van der Waals surface area contributed by atoms with Gasteiger partial charge in [-0.3, -0.25) is 14.5 Å². The van der Waals surface area contributed by atoms with Crippen molar-refractivity contribution in [1.82, 2.24) is 14.8 Å². The molecule has 6 heterocycles. The zero-order valence-corrected chi connectivity index (χ0v) is 39.8. The summed E-state index contributed by atoms with van der Waals surface area (Å²) in [4.78, 5) is 53.3. The molecule has 1 saturated carbocycles. The molecule has 2 bridgehead atoms. The lowest BCUT2D eigenvalue weighted by molar-refractivity contribution is -0.228. The van der Waals surface area contributed by atoms with E-state index < -0.39 is 63.7 Å². The van der Waals surface area contributed by atoms with Gasteiger partial charge in [0, 0.05) is 107 Å². The van der Waals surface area contributed by atoms with Crippen LogP contribution in [0.2, 0.25) is 5.02 Å². The molecular formula is C52H59ClF2N4O8. The second kappa shape index (κ2) is 16.0. The van der Waals surface area contributed by atoms with Gasteiger partial charge in [0.15, 0.2) is 6.10 Å². The Labute approximate surface area is 394 Å². The summed E-state index contributed by atoms with van der Waals surface area (Å²) in [6.07, 6.45) is 4.33. The SMILES string of the molecule is CC[C@]12C=CCN3CC[C@@]4(c5cc([C@@]6(C(=O)OC)C[C@H]7C[C@@H](C(C)(F)F)CN(CCc8c6[nH]c6ccc(-c9ccccc9Cl)cc86)C7)c(OC)cc5N(C)[C@H]4[C@@](O)(C(=O)OC)[C@@H]1OC(C)=O)[C@@H]32. The van der Waals surface area contributed by atoms with Gasteiger partial charge < -0.3 is 38.8 Å². The van der Waals surface area contributed by atoms with Crippen molar-refractivity contribution >= 4 is 46.1 Å². The molecule has 2 N–H and O–H groups in total. The van der Waals surface area contributed by atoms with E-state index in [1.165, 1.54) is 28.3 Å². The van der Waals surface area contributed by atoms with Crippen LogP contribution < -0.4 is 9.64 Å².